The lowest BCUT2D eigenvalue weighted by atomic mass is 10.1. The first-order valence-corrected chi connectivity index (χ1v) is 7.62. The normalized spacial score (nSPS) is 15.0. The summed E-state index contributed by atoms with van der Waals surface area (Å²) in [6.07, 6.45) is 4.46. The van der Waals surface area contributed by atoms with Gasteiger partial charge in [-0.2, -0.15) is 0 Å². The molecule has 1 aliphatic carbocycles. The third-order valence-corrected chi connectivity index (χ3v) is 4.11. The van der Waals surface area contributed by atoms with Gasteiger partial charge >= 0.3 is 0 Å². The SMILES string of the molecule is CC(=O)N(CC(=O)NC1CCCC1)c1c(C)cccc1C. The summed E-state index contributed by atoms with van der Waals surface area (Å²) in [5, 5.41) is 3.04. The van der Waals surface area contributed by atoms with Crippen molar-refractivity contribution in [2.45, 2.75) is 52.5 Å². The third-order valence-electron chi connectivity index (χ3n) is 4.11. The molecule has 0 aromatic heterocycles. The zero-order chi connectivity index (χ0) is 15.4. The molecule has 2 rings (SSSR count). The van der Waals surface area contributed by atoms with Crippen LogP contribution in [-0.4, -0.2) is 24.4 Å². The highest BCUT2D eigenvalue weighted by Crippen LogP contribution is 2.24. The van der Waals surface area contributed by atoms with Crippen LogP contribution in [0.2, 0.25) is 0 Å². The number of amides is 2. The number of carbonyl (C=O) groups excluding carboxylic acids is 2. The van der Waals surface area contributed by atoms with Crippen LogP contribution in [0, 0.1) is 13.8 Å². The summed E-state index contributed by atoms with van der Waals surface area (Å²) < 4.78 is 0. The van der Waals surface area contributed by atoms with Gasteiger partial charge in [0.15, 0.2) is 0 Å². The Balaban J connectivity index is 2.12. The number of carbonyl (C=O) groups is 2. The number of aryl methyl sites for hydroxylation is 2. The van der Waals surface area contributed by atoms with Crippen molar-refractivity contribution in [2.24, 2.45) is 0 Å². The highest BCUT2D eigenvalue weighted by Gasteiger charge is 2.22. The van der Waals surface area contributed by atoms with E-state index < -0.39 is 0 Å². The summed E-state index contributed by atoms with van der Waals surface area (Å²) in [5.74, 6) is -0.172. The number of rotatable bonds is 4. The van der Waals surface area contributed by atoms with Gasteiger partial charge in [-0.1, -0.05) is 31.0 Å². The van der Waals surface area contributed by atoms with E-state index in [4.69, 9.17) is 0 Å². The third kappa shape index (κ3) is 3.84. The van der Waals surface area contributed by atoms with Crippen molar-refractivity contribution in [2.75, 3.05) is 11.4 Å². The van der Waals surface area contributed by atoms with Crippen molar-refractivity contribution >= 4 is 17.5 Å². The lowest BCUT2D eigenvalue weighted by Crippen LogP contribution is -2.43. The lowest BCUT2D eigenvalue weighted by Gasteiger charge is -2.25. The van der Waals surface area contributed by atoms with Gasteiger partial charge in [0.1, 0.15) is 6.54 Å². The van der Waals surface area contributed by atoms with Crippen LogP contribution in [-0.2, 0) is 9.59 Å². The zero-order valence-corrected chi connectivity index (χ0v) is 13.1. The largest absolute Gasteiger partial charge is 0.352 e. The summed E-state index contributed by atoms with van der Waals surface area (Å²) >= 11 is 0. The highest BCUT2D eigenvalue weighted by molar-refractivity contribution is 5.98. The minimum Gasteiger partial charge on any atom is -0.352 e. The maximum absolute atomic E-state index is 12.2. The molecule has 0 radical (unpaired) electrons. The van der Waals surface area contributed by atoms with Gasteiger partial charge in [0.05, 0.1) is 5.69 Å². The Hall–Kier alpha value is -1.84. The first-order chi connectivity index (χ1) is 9.99. The monoisotopic (exact) mass is 288 g/mol. The van der Waals surface area contributed by atoms with Crippen LogP contribution in [0.15, 0.2) is 18.2 Å². The fourth-order valence-electron chi connectivity index (χ4n) is 3.07. The van der Waals surface area contributed by atoms with E-state index in [1.165, 1.54) is 19.8 Å². The quantitative estimate of drug-likeness (QED) is 0.926. The van der Waals surface area contributed by atoms with Gasteiger partial charge in [-0.3, -0.25) is 9.59 Å². The molecule has 0 spiro atoms. The highest BCUT2D eigenvalue weighted by atomic mass is 16.2. The maximum atomic E-state index is 12.2. The Morgan fingerprint density at radius 2 is 1.76 bits per heavy atom. The van der Waals surface area contributed by atoms with Crippen LogP contribution in [0.25, 0.3) is 0 Å². The van der Waals surface area contributed by atoms with Gasteiger partial charge in [-0.05, 0) is 37.8 Å². The Bertz CT molecular complexity index is 513. The molecule has 0 bridgehead atoms. The molecule has 1 fully saturated rings. The molecule has 1 saturated carbocycles. The average molecular weight is 288 g/mol. The van der Waals surface area contributed by atoms with Crippen molar-refractivity contribution in [3.05, 3.63) is 29.3 Å². The smallest absolute Gasteiger partial charge is 0.240 e. The fraction of sp³-hybridized carbons (Fsp3) is 0.529. The molecule has 0 heterocycles. The number of hydrogen-bond donors (Lipinski definition) is 1. The Labute approximate surface area is 126 Å². The van der Waals surface area contributed by atoms with Crippen molar-refractivity contribution in [3.63, 3.8) is 0 Å². The summed E-state index contributed by atoms with van der Waals surface area (Å²) in [7, 11) is 0. The number of para-hydroxylation sites is 1. The second kappa shape index (κ2) is 6.74. The molecule has 4 nitrogen and oxygen atoms in total. The van der Waals surface area contributed by atoms with E-state index in [2.05, 4.69) is 5.32 Å². The fourth-order valence-corrected chi connectivity index (χ4v) is 3.07. The van der Waals surface area contributed by atoms with Crippen molar-refractivity contribution in [1.29, 1.82) is 0 Å². The number of nitrogens with one attached hydrogen (secondary N) is 1. The van der Waals surface area contributed by atoms with Gasteiger partial charge < -0.3 is 10.2 Å². The molecular weight excluding hydrogens is 264 g/mol. The standard InChI is InChI=1S/C17H24N2O2/c1-12-7-6-8-13(2)17(12)19(14(3)20)11-16(21)18-15-9-4-5-10-15/h6-8,15H,4-5,9-11H2,1-3H3,(H,18,21). The summed E-state index contributed by atoms with van der Waals surface area (Å²) in [5.41, 5.74) is 2.88. The number of hydrogen-bond acceptors (Lipinski definition) is 2. The molecule has 0 saturated heterocycles. The Morgan fingerprint density at radius 1 is 1.19 bits per heavy atom. The molecule has 0 unspecified atom stereocenters. The van der Waals surface area contributed by atoms with E-state index in [0.29, 0.717) is 0 Å². The van der Waals surface area contributed by atoms with Gasteiger partial charge in [0.25, 0.3) is 0 Å². The minimum atomic E-state index is -0.103. The van der Waals surface area contributed by atoms with E-state index >= 15 is 0 Å². The van der Waals surface area contributed by atoms with Gasteiger partial charge in [0.2, 0.25) is 11.8 Å². The molecule has 0 atom stereocenters. The number of anilines is 1. The van der Waals surface area contributed by atoms with E-state index in [-0.39, 0.29) is 24.4 Å². The van der Waals surface area contributed by atoms with Crippen molar-refractivity contribution < 1.29 is 9.59 Å². The van der Waals surface area contributed by atoms with E-state index in [9.17, 15) is 9.59 Å². The van der Waals surface area contributed by atoms with Crippen molar-refractivity contribution in [3.8, 4) is 0 Å². The van der Waals surface area contributed by atoms with E-state index in [0.717, 1.165) is 29.7 Å². The molecular formula is C17H24N2O2. The molecule has 2 amide bonds. The molecule has 1 N–H and O–H groups in total. The van der Waals surface area contributed by atoms with Gasteiger partial charge in [-0.15, -0.1) is 0 Å². The molecule has 1 aliphatic rings. The lowest BCUT2D eigenvalue weighted by molar-refractivity contribution is -0.123. The van der Waals surface area contributed by atoms with Crippen LogP contribution in [0.3, 0.4) is 0 Å². The summed E-state index contributed by atoms with van der Waals surface area (Å²) in [6, 6.07) is 6.18. The van der Waals surface area contributed by atoms with Crippen LogP contribution in [0.4, 0.5) is 5.69 Å². The molecule has 1 aromatic carbocycles. The summed E-state index contributed by atoms with van der Waals surface area (Å²) in [6.45, 7) is 5.53. The van der Waals surface area contributed by atoms with Crippen LogP contribution in [0.5, 0.6) is 0 Å². The van der Waals surface area contributed by atoms with E-state index in [1.807, 2.05) is 32.0 Å². The van der Waals surface area contributed by atoms with Crippen LogP contribution in [0.1, 0.15) is 43.7 Å². The van der Waals surface area contributed by atoms with Crippen LogP contribution < -0.4 is 10.2 Å². The number of nitrogens with zero attached hydrogens (tertiary/aromatic N) is 1. The second-order valence-corrected chi connectivity index (χ2v) is 5.89. The topological polar surface area (TPSA) is 49.4 Å². The Kier molecular flexibility index (Phi) is 4.99. The first kappa shape index (κ1) is 15.5. The Morgan fingerprint density at radius 3 is 2.29 bits per heavy atom. The zero-order valence-electron chi connectivity index (χ0n) is 13.1. The van der Waals surface area contributed by atoms with Gasteiger partial charge in [-0.25, -0.2) is 0 Å². The minimum absolute atomic E-state index is 0.0697. The number of benzene rings is 1. The first-order valence-electron chi connectivity index (χ1n) is 7.62. The predicted octanol–water partition coefficient (Wildman–Crippen LogP) is 2.72. The van der Waals surface area contributed by atoms with E-state index in [1.54, 1.807) is 4.90 Å². The van der Waals surface area contributed by atoms with Crippen molar-refractivity contribution in [1.82, 2.24) is 5.32 Å². The molecule has 1 aromatic rings. The maximum Gasteiger partial charge on any atom is 0.240 e. The predicted molar refractivity (Wildman–Crippen MR) is 84.3 cm³/mol. The molecule has 21 heavy (non-hydrogen) atoms. The molecule has 114 valence electrons. The average Bonchev–Trinajstić information content (AvgIpc) is 2.89. The van der Waals surface area contributed by atoms with Gasteiger partial charge in [0, 0.05) is 13.0 Å². The molecule has 0 aliphatic heterocycles. The molecule has 4 heteroatoms. The second-order valence-electron chi connectivity index (χ2n) is 5.89. The summed E-state index contributed by atoms with van der Waals surface area (Å²) in [4.78, 5) is 25.8. The van der Waals surface area contributed by atoms with Crippen LogP contribution >= 0.6 is 0 Å².